The van der Waals surface area contributed by atoms with E-state index in [0.29, 0.717) is 6.10 Å². The number of hydrogen-bond donors (Lipinski definition) is 0. The number of rotatable bonds is 3. The van der Waals surface area contributed by atoms with Crippen LogP contribution in [0.25, 0.3) is 0 Å². The van der Waals surface area contributed by atoms with Crippen molar-refractivity contribution in [2.24, 2.45) is 0 Å². The number of methoxy groups -OCH3 is 1. The number of pyridine rings is 1. The van der Waals surface area contributed by atoms with Crippen molar-refractivity contribution in [3.8, 4) is 11.5 Å². The maximum Gasteiger partial charge on any atom is 0.181 e. The van der Waals surface area contributed by atoms with Gasteiger partial charge < -0.3 is 9.47 Å². The Kier molecular flexibility index (Phi) is 2.40. The number of ether oxygens (including phenoxy) is 2. The first-order valence-corrected chi connectivity index (χ1v) is 4.94. The second-order valence-corrected chi connectivity index (χ2v) is 3.82. The molecule has 2 rings (SSSR count). The number of halogens is 1. The number of nitrogens with zero attached hydrogens (tertiary/aromatic N) is 1. The minimum atomic E-state index is 0.366. The van der Waals surface area contributed by atoms with E-state index in [1.807, 2.05) is 0 Å². The van der Waals surface area contributed by atoms with E-state index >= 15 is 0 Å². The molecule has 0 bridgehead atoms. The summed E-state index contributed by atoms with van der Waals surface area (Å²) in [5, 5.41) is 0. The molecule has 0 radical (unpaired) electrons. The topological polar surface area (TPSA) is 31.4 Å². The molecule has 0 atom stereocenters. The molecule has 1 aromatic rings. The molecule has 0 saturated heterocycles. The first-order valence-electron chi connectivity index (χ1n) is 4.15. The first-order chi connectivity index (χ1) is 6.31. The summed E-state index contributed by atoms with van der Waals surface area (Å²) in [7, 11) is 1.62. The summed E-state index contributed by atoms with van der Waals surface area (Å²) in [6, 6.07) is 0. The molecule has 1 saturated carbocycles. The summed E-state index contributed by atoms with van der Waals surface area (Å²) >= 11 is 3.35. The Hall–Kier alpha value is -0.770. The molecular formula is C9H10BrNO2. The lowest BCUT2D eigenvalue weighted by atomic mass is 10.4. The van der Waals surface area contributed by atoms with Gasteiger partial charge in [-0.25, -0.2) is 0 Å². The molecule has 0 N–H and O–H groups in total. The van der Waals surface area contributed by atoms with Gasteiger partial charge in [-0.05, 0) is 28.8 Å². The molecule has 3 nitrogen and oxygen atoms in total. The van der Waals surface area contributed by atoms with Crippen LogP contribution >= 0.6 is 15.9 Å². The molecule has 1 aromatic heterocycles. The molecular weight excluding hydrogens is 234 g/mol. The predicted molar refractivity (Wildman–Crippen MR) is 52.1 cm³/mol. The van der Waals surface area contributed by atoms with Crippen molar-refractivity contribution in [3.05, 3.63) is 16.9 Å². The van der Waals surface area contributed by atoms with Crippen LogP contribution < -0.4 is 9.47 Å². The van der Waals surface area contributed by atoms with E-state index in [1.54, 1.807) is 19.5 Å². The van der Waals surface area contributed by atoms with Crippen LogP contribution in [-0.4, -0.2) is 18.2 Å². The normalized spacial score (nSPS) is 15.5. The predicted octanol–water partition coefficient (Wildman–Crippen LogP) is 2.39. The fourth-order valence-electron chi connectivity index (χ4n) is 1.05. The van der Waals surface area contributed by atoms with Crippen LogP contribution in [0.2, 0.25) is 0 Å². The largest absolute Gasteiger partial charge is 0.492 e. The van der Waals surface area contributed by atoms with E-state index in [1.165, 1.54) is 0 Å². The second kappa shape index (κ2) is 3.54. The number of aromatic nitrogens is 1. The highest BCUT2D eigenvalue weighted by Gasteiger charge is 2.25. The zero-order valence-corrected chi connectivity index (χ0v) is 8.87. The summed E-state index contributed by atoms with van der Waals surface area (Å²) in [5.74, 6) is 1.45. The zero-order chi connectivity index (χ0) is 9.26. The zero-order valence-electron chi connectivity index (χ0n) is 7.29. The smallest absolute Gasteiger partial charge is 0.181 e. The van der Waals surface area contributed by atoms with E-state index in [9.17, 15) is 0 Å². The highest BCUT2D eigenvalue weighted by Crippen LogP contribution is 2.37. The molecule has 1 fully saturated rings. The molecule has 0 amide bonds. The Morgan fingerprint density at radius 1 is 1.46 bits per heavy atom. The van der Waals surface area contributed by atoms with Gasteiger partial charge in [0.2, 0.25) is 0 Å². The van der Waals surface area contributed by atoms with Crippen LogP contribution in [0.5, 0.6) is 11.5 Å². The average Bonchev–Trinajstić information content (AvgIpc) is 2.89. The molecule has 0 spiro atoms. The fraction of sp³-hybridized carbons (Fsp3) is 0.444. The summed E-state index contributed by atoms with van der Waals surface area (Å²) < 4.78 is 11.6. The van der Waals surface area contributed by atoms with Crippen molar-refractivity contribution in [1.29, 1.82) is 0 Å². The molecule has 13 heavy (non-hydrogen) atoms. The molecule has 4 heteroatoms. The van der Waals surface area contributed by atoms with Crippen LogP contribution in [0.1, 0.15) is 12.8 Å². The minimum absolute atomic E-state index is 0.366. The Labute approximate surface area is 85.2 Å². The standard InChI is InChI=1S/C9H10BrNO2/c1-12-9-7(10)4-11-5-8(9)13-6-2-3-6/h4-6H,2-3H2,1H3. The van der Waals surface area contributed by atoms with E-state index in [4.69, 9.17) is 9.47 Å². The third-order valence-electron chi connectivity index (χ3n) is 1.84. The van der Waals surface area contributed by atoms with Crippen molar-refractivity contribution in [3.63, 3.8) is 0 Å². The Bertz CT molecular complexity index is 312. The van der Waals surface area contributed by atoms with Crippen molar-refractivity contribution < 1.29 is 9.47 Å². The SMILES string of the molecule is COc1c(Br)cncc1OC1CC1. The Morgan fingerprint density at radius 3 is 2.85 bits per heavy atom. The van der Waals surface area contributed by atoms with Crippen LogP contribution in [-0.2, 0) is 0 Å². The third kappa shape index (κ3) is 1.94. The molecule has 0 unspecified atom stereocenters. The van der Waals surface area contributed by atoms with Crippen LogP contribution in [0.3, 0.4) is 0 Å². The van der Waals surface area contributed by atoms with Crippen molar-refractivity contribution in [2.75, 3.05) is 7.11 Å². The molecule has 1 heterocycles. The van der Waals surface area contributed by atoms with Crippen LogP contribution in [0.4, 0.5) is 0 Å². The van der Waals surface area contributed by atoms with E-state index in [2.05, 4.69) is 20.9 Å². The van der Waals surface area contributed by atoms with Crippen molar-refractivity contribution in [1.82, 2.24) is 4.98 Å². The van der Waals surface area contributed by atoms with Crippen LogP contribution in [0.15, 0.2) is 16.9 Å². The molecule has 1 aliphatic carbocycles. The third-order valence-corrected chi connectivity index (χ3v) is 2.41. The Morgan fingerprint density at radius 2 is 2.23 bits per heavy atom. The van der Waals surface area contributed by atoms with Crippen LogP contribution in [0, 0.1) is 0 Å². The van der Waals surface area contributed by atoms with Crippen molar-refractivity contribution in [2.45, 2.75) is 18.9 Å². The van der Waals surface area contributed by atoms with E-state index in [-0.39, 0.29) is 0 Å². The first kappa shape index (κ1) is 8.81. The lowest BCUT2D eigenvalue weighted by molar-refractivity contribution is 0.280. The molecule has 0 aliphatic heterocycles. The van der Waals surface area contributed by atoms with E-state index in [0.717, 1.165) is 28.8 Å². The fourth-order valence-corrected chi connectivity index (χ4v) is 1.53. The second-order valence-electron chi connectivity index (χ2n) is 2.97. The highest BCUT2D eigenvalue weighted by atomic mass is 79.9. The van der Waals surface area contributed by atoms with Gasteiger partial charge in [-0.3, -0.25) is 4.98 Å². The summed E-state index contributed by atoms with van der Waals surface area (Å²) in [6.45, 7) is 0. The van der Waals surface area contributed by atoms with Crippen molar-refractivity contribution >= 4 is 15.9 Å². The quantitative estimate of drug-likeness (QED) is 0.818. The Balaban J connectivity index is 2.25. The van der Waals surface area contributed by atoms with Gasteiger partial charge in [-0.1, -0.05) is 0 Å². The molecule has 70 valence electrons. The van der Waals surface area contributed by atoms with Gasteiger partial charge in [0.1, 0.15) is 0 Å². The lowest BCUT2D eigenvalue weighted by Gasteiger charge is -2.09. The lowest BCUT2D eigenvalue weighted by Crippen LogP contribution is -1.99. The van der Waals surface area contributed by atoms with Gasteiger partial charge in [-0.2, -0.15) is 0 Å². The minimum Gasteiger partial charge on any atom is -0.492 e. The maximum atomic E-state index is 5.61. The molecule has 1 aliphatic rings. The van der Waals surface area contributed by atoms with E-state index < -0.39 is 0 Å². The van der Waals surface area contributed by atoms with Gasteiger partial charge in [-0.15, -0.1) is 0 Å². The summed E-state index contributed by atoms with van der Waals surface area (Å²) in [4.78, 5) is 4.02. The maximum absolute atomic E-state index is 5.61. The molecule has 0 aromatic carbocycles. The highest BCUT2D eigenvalue weighted by molar-refractivity contribution is 9.10. The number of hydrogen-bond acceptors (Lipinski definition) is 3. The van der Waals surface area contributed by atoms with Gasteiger partial charge in [0.15, 0.2) is 11.5 Å². The summed E-state index contributed by atoms with van der Waals surface area (Å²) in [5.41, 5.74) is 0. The van der Waals surface area contributed by atoms with Gasteiger partial charge in [0.05, 0.1) is 23.9 Å². The van der Waals surface area contributed by atoms with Gasteiger partial charge in [0, 0.05) is 6.20 Å². The summed E-state index contributed by atoms with van der Waals surface area (Å²) in [6.07, 6.45) is 6.01. The average molecular weight is 244 g/mol. The monoisotopic (exact) mass is 243 g/mol. The van der Waals surface area contributed by atoms with Gasteiger partial charge in [0.25, 0.3) is 0 Å². The van der Waals surface area contributed by atoms with Gasteiger partial charge >= 0.3 is 0 Å².